The Hall–Kier alpha value is -0.530. The number of ether oxygens (including phenoxy) is 1. The molecule has 0 unspecified atom stereocenters. The minimum atomic E-state index is 0.0288. The second-order valence-electron chi connectivity index (χ2n) is 8.95. The summed E-state index contributed by atoms with van der Waals surface area (Å²) < 4.78 is 5.65. The van der Waals surface area contributed by atoms with Gasteiger partial charge >= 0.3 is 5.97 Å². The van der Waals surface area contributed by atoms with E-state index in [-0.39, 0.29) is 5.97 Å². The number of esters is 1. The molecule has 0 rings (SSSR count). The fraction of sp³-hybridized carbons (Fsp3) is 0.960. The summed E-state index contributed by atoms with van der Waals surface area (Å²) in [5, 5.41) is 0. The largest absolute Gasteiger partial charge is 0.465 e. The van der Waals surface area contributed by atoms with Gasteiger partial charge in [0, 0.05) is 6.42 Å². The molecule has 0 heterocycles. The monoisotopic (exact) mass is 382 g/mol. The van der Waals surface area contributed by atoms with E-state index in [0.29, 0.717) is 18.9 Å². The van der Waals surface area contributed by atoms with Crippen LogP contribution in [0.5, 0.6) is 0 Å². The minimum absolute atomic E-state index is 0.0288. The predicted octanol–water partition coefficient (Wildman–Crippen LogP) is 8.47. The molecule has 0 aliphatic rings. The number of hydrogen-bond acceptors (Lipinski definition) is 2. The first-order valence-corrected chi connectivity index (χ1v) is 12.3. The van der Waals surface area contributed by atoms with E-state index in [9.17, 15) is 4.79 Å². The van der Waals surface area contributed by atoms with Crippen LogP contribution in [-0.2, 0) is 9.53 Å². The molecule has 0 aliphatic carbocycles. The number of carbonyl (C=O) groups excluding carboxylic acids is 1. The Bertz CT molecular complexity index is 311. The van der Waals surface area contributed by atoms with E-state index >= 15 is 0 Å². The van der Waals surface area contributed by atoms with Crippen molar-refractivity contribution in [1.82, 2.24) is 0 Å². The summed E-state index contributed by atoms with van der Waals surface area (Å²) in [7, 11) is 0. The number of unbranched alkanes of at least 4 members (excludes halogenated alkanes) is 10. The van der Waals surface area contributed by atoms with E-state index in [4.69, 9.17) is 4.74 Å². The average Bonchev–Trinajstić information content (AvgIpc) is 2.64. The number of carbonyl (C=O) groups is 1. The maximum atomic E-state index is 12.0. The van der Waals surface area contributed by atoms with Gasteiger partial charge < -0.3 is 4.74 Å². The molecule has 1 atom stereocenters. The Morgan fingerprint density at radius 2 is 1.15 bits per heavy atom. The van der Waals surface area contributed by atoms with Crippen LogP contribution in [0.1, 0.15) is 137 Å². The van der Waals surface area contributed by atoms with Crippen molar-refractivity contribution in [2.75, 3.05) is 6.61 Å². The molecular formula is C25H50O2. The van der Waals surface area contributed by atoms with Crippen LogP contribution in [-0.4, -0.2) is 12.6 Å². The Morgan fingerprint density at radius 3 is 1.74 bits per heavy atom. The molecule has 27 heavy (non-hydrogen) atoms. The van der Waals surface area contributed by atoms with Gasteiger partial charge in [0.15, 0.2) is 0 Å². The normalized spacial score (nSPS) is 12.5. The van der Waals surface area contributed by atoms with Crippen molar-refractivity contribution in [3.05, 3.63) is 0 Å². The van der Waals surface area contributed by atoms with Crippen LogP contribution in [0.3, 0.4) is 0 Å². The summed E-state index contributed by atoms with van der Waals surface area (Å²) in [6.45, 7) is 9.71. The lowest BCUT2D eigenvalue weighted by Crippen LogP contribution is -2.14. The molecule has 0 bridgehead atoms. The van der Waals surface area contributed by atoms with Gasteiger partial charge in [0.1, 0.15) is 0 Å². The Balaban J connectivity index is 3.93. The quantitative estimate of drug-likeness (QED) is 0.156. The summed E-state index contributed by atoms with van der Waals surface area (Å²) in [6, 6.07) is 0. The van der Waals surface area contributed by atoms with Crippen LogP contribution in [0.2, 0.25) is 0 Å². The third-order valence-electron chi connectivity index (χ3n) is 5.57. The van der Waals surface area contributed by atoms with Crippen molar-refractivity contribution in [2.45, 2.75) is 137 Å². The molecule has 2 nitrogen and oxygen atoms in total. The zero-order chi connectivity index (χ0) is 20.2. The van der Waals surface area contributed by atoms with Crippen molar-refractivity contribution >= 4 is 5.97 Å². The highest BCUT2D eigenvalue weighted by Gasteiger charge is 2.12. The maximum absolute atomic E-state index is 12.0. The van der Waals surface area contributed by atoms with Gasteiger partial charge in [0.05, 0.1) is 6.61 Å². The van der Waals surface area contributed by atoms with Gasteiger partial charge in [-0.3, -0.25) is 4.79 Å². The lowest BCUT2D eigenvalue weighted by molar-refractivity contribution is -0.145. The highest BCUT2D eigenvalue weighted by Crippen LogP contribution is 2.20. The second-order valence-corrected chi connectivity index (χ2v) is 8.95. The molecule has 0 N–H and O–H groups in total. The smallest absolute Gasteiger partial charge is 0.305 e. The molecule has 2 heteroatoms. The van der Waals surface area contributed by atoms with Crippen LogP contribution in [0, 0.1) is 11.8 Å². The highest BCUT2D eigenvalue weighted by molar-refractivity contribution is 5.69. The molecule has 0 saturated carbocycles. The third kappa shape index (κ3) is 20.0. The van der Waals surface area contributed by atoms with Gasteiger partial charge in [-0.2, -0.15) is 0 Å². The molecule has 0 saturated heterocycles. The van der Waals surface area contributed by atoms with Gasteiger partial charge in [-0.1, -0.05) is 111 Å². The Labute approximate surface area is 171 Å². The molecule has 0 aromatic rings. The summed E-state index contributed by atoms with van der Waals surface area (Å²) in [5.41, 5.74) is 0. The molecule has 0 amide bonds. The molecule has 0 spiro atoms. The fourth-order valence-corrected chi connectivity index (χ4v) is 3.67. The SMILES string of the molecule is CCCCCCCC[C@H](CCCCCC)COC(=O)CCCCCC(C)C. The zero-order valence-electron chi connectivity index (χ0n) is 19.2. The third-order valence-corrected chi connectivity index (χ3v) is 5.57. The van der Waals surface area contributed by atoms with E-state index in [2.05, 4.69) is 27.7 Å². The number of hydrogen-bond donors (Lipinski definition) is 0. The van der Waals surface area contributed by atoms with Crippen molar-refractivity contribution < 1.29 is 9.53 Å². The highest BCUT2D eigenvalue weighted by atomic mass is 16.5. The van der Waals surface area contributed by atoms with E-state index in [1.54, 1.807) is 0 Å². The lowest BCUT2D eigenvalue weighted by Gasteiger charge is -2.17. The first kappa shape index (κ1) is 26.5. The van der Waals surface area contributed by atoms with E-state index in [1.807, 2.05) is 0 Å². The zero-order valence-corrected chi connectivity index (χ0v) is 19.2. The van der Waals surface area contributed by atoms with Crippen LogP contribution >= 0.6 is 0 Å². The predicted molar refractivity (Wildman–Crippen MR) is 119 cm³/mol. The first-order chi connectivity index (χ1) is 13.1. The standard InChI is InChI=1S/C25H50O2/c1-5-7-9-11-12-16-20-24(19-15-10-8-6-2)22-27-25(26)21-17-13-14-18-23(3)4/h23-24H,5-22H2,1-4H3/t24-/m0/s1. The Morgan fingerprint density at radius 1 is 0.667 bits per heavy atom. The van der Waals surface area contributed by atoms with Crippen molar-refractivity contribution in [1.29, 1.82) is 0 Å². The maximum Gasteiger partial charge on any atom is 0.305 e. The fourth-order valence-electron chi connectivity index (χ4n) is 3.67. The summed E-state index contributed by atoms with van der Waals surface area (Å²) in [5.74, 6) is 1.38. The van der Waals surface area contributed by atoms with Crippen LogP contribution in [0.4, 0.5) is 0 Å². The van der Waals surface area contributed by atoms with Crippen LogP contribution < -0.4 is 0 Å². The average molecular weight is 383 g/mol. The minimum Gasteiger partial charge on any atom is -0.465 e. The topological polar surface area (TPSA) is 26.3 Å². The van der Waals surface area contributed by atoms with E-state index in [1.165, 1.54) is 89.9 Å². The summed E-state index contributed by atoms with van der Waals surface area (Å²) in [6.07, 6.45) is 21.0. The molecule has 0 radical (unpaired) electrons. The molecule has 0 aliphatic heterocycles. The second kappa shape index (κ2) is 20.2. The van der Waals surface area contributed by atoms with E-state index in [0.717, 1.165) is 18.8 Å². The molecule has 0 fully saturated rings. The summed E-state index contributed by atoms with van der Waals surface area (Å²) in [4.78, 5) is 12.0. The van der Waals surface area contributed by atoms with Crippen molar-refractivity contribution in [2.24, 2.45) is 11.8 Å². The van der Waals surface area contributed by atoms with E-state index < -0.39 is 0 Å². The lowest BCUT2D eigenvalue weighted by atomic mass is 9.95. The summed E-state index contributed by atoms with van der Waals surface area (Å²) >= 11 is 0. The van der Waals surface area contributed by atoms with Crippen molar-refractivity contribution in [3.63, 3.8) is 0 Å². The van der Waals surface area contributed by atoms with Gasteiger partial charge in [-0.25, -0.2) is 0 Å². The first-order valence-electron chi connectivity index (χ1n) is 12.3. The molecule has 0 aromatic heterocycles. The van der Waals surface area contributed by atoms with Crippen molar-refractivity contribution in [3.8, 4) is 0 Å². The molecular weight excluding hydrogens is 332 g/mol. The van der Waals surface area contributed by atoms with Gasteiger partial charge in [-0.15, -0.1) is 0 Å². The Kier molecular flexibility index (Phi) is 19.8. The van der Waals surface area contributed by atoms with Crippen LogP contribution in [0.15, 0.2) is 0 Å². The van der Waals surface area contributed by atoms with Gasteiger partial charge in [0.2, 0.25) is 0 Å². The van der Waals surface area contributed by atoms with Gasteiger partial charge in [-0.05, 0) is 31.1 Å². The van der Waals surface area contributed by atoms with Gasteiger partial charge in [0.25, 0.3) is 0 Å². The molecule has 0 aromatic carbocycles. The number of rotatable bonds is 20. The van der Waals surface area contributed by atoms with Crippen LogP contribution in [0.25, 0.3) is 0 Å². The molecule has 162 valence electrons.